The Labute approximate surface area is 254 Å². The number of ether oxygens (including phenoxy) is 4. The van der Waals surface area contributed by atoms with Crippen molar-refractivity contribution in [3.63, 3.8) is 0 Å². The second-order valence-electron chi connectivity index (χ2n) is 10.3. The van der Waals surface area contributed by atoms with Crippen molar-refractivity contribution in [3.05, 3.63) is 40.6 Å². The van der Waals surface area contributed by atoms with Crippen molar-refractivity contribution in [3.8, 4) is 40.1 Å². The molecule has 2 fully saturated rings. The lowest BCUT2D eigenvalue weighted by atomic mass is 9.99. The van der Waals surface area contributed by atoms with E-state index in [0.29, 0.717) is 6.07 Å². The number of phenolic OH excluding ortho intramolecular Hbond substituents is 3. The smallest absolute Gasteiger partial charge is 0.335 e. The average molecular weight is 654 g/mol. The first-order valence-corrected chi connectivity index (χ1v) is 13.1. The molecule has 0 unspecified atom stereocenters. The molecule has 0 amide bonds. The summed E-state index contributed by atoms with van der Waals surface area (Å²) in [5.41, 5.74) is -1.64. The van der Waals surface area contributed by atoms with Crippen LogP contribution in [0.15, 0.2) is 39.5 Å². The van der Waals surface area contributed by atoms with Crippen LogP contribution in [0.25, 0.3) is 22.3 Å². The lowest BCUT2D eigenvalue weighted by Gasteiger charge is -2.38. The largest absolute Gasteiger partial charge is 0.507 e. The van der Waals surface area contributed by atoms with Gasteiger partial charge in [0.05, 0.1) is 0 Å². The number of hydrogen-bond donors (Lipinski definition) is 11. The molecule has 0 bridgehead atoms. The van der Waals surface area contributed by atoms with E-state index in [4.69, 9.17) is 23.4 Å². The monoisotopic (exact) mass is 654 g/mol. The van der Waals surface area contributed by atoms with Gasteiger partial charge < -0.3 is 79.5 Å². The first-order chi connectivity index (χ1) is 21.6. The van der Waals surface area contributed by atoms with Gasteiger partial charge >= 0.3 is 11.9 Å². The van der Waals surface area contributed by atoms with Gasteiger partial charge in [-0.1, -0.05) is 0 Å². The summed E-state index contributed by atoms with van der Waals surface area (Å²) < 4.78 is 26.5. The highest BCUT2D eigenvalue weighted by Crippen LogP contribution is 2.43. The number of phenols is 3. The predicted octanol–water partition coefficient (Wildman–Crippen LogP) is -2.88. The van der Waals surface area contributed by atoms with Gasteiger partial charge in [0.2, 0.25) is 18.3 Å². The Morgan fingerprint density at radius 3 is 1.72 bits per heavy atom. The number of aliphatic hydroxyl groups excluding tert-OH is 6. The molecule has 19 nitrogen and oxygen atoms in total. The summed E-state index contributed by atoms with van der Waals surface area (Å²) in [6.07, 6.45) is -20.1. The summed E-state index contributed by atoms with van der Waals surface area (Å²) in [6, 6.07) is 4.78. The summed E-state index contributed by atoms with van der Waals surface area (Å²) in [7, 11) is 0. The number of aromatic hydroxyl groups is 3. The molecule has 0 saturated carbocycles. The molecule has 5 rings (SSSR count). The van der Waals surface area contributed by atoms with Crippen LogP contribution in [0.1, 0.15) is 0 Å². The maximum Gasteiger partial charge on any atom is 0.335 e. The summed E-state index contributed by atoms with van der Waals surface area (Å²) in [6.45, 7) is 0. The van der Waals surface area contributed by atoms with E-state index in [1.807, 2.05) is 0 Å². The van der Waals surface area contributed by atoms with Crippen LogP contribution < -0.4 is 14.9 Å². The molecule has 2 aromatic carbocycles. The van der Waals surface area contributed by atoms with E-state index < -0.39 is 118 Å². The van der Waals surface area contributed by atoms with Crippen LogP contribution in [-0.4, -0.2) is 130 Å². The van der Waals surface area contributed by atoms with Gasteiger partial charge in [-0.25, -0.2) is 9.59 Å². The van der Waals surface area contributed by atoms with E-state index in [1.165, 1.54) is 6.07 Å². The van der Waals surface area contributed by atoms with Crippen LogP contribution in [-0.2, 0) is 19.1 Å². The molecule has 2 aliphatic heterocycles. The standard InChI is InChI=1S/C27H26O19/c28-7-3-6(1-2-11(7)43-26-18(36)14(32)16(34)22(45-26)24(38)39)12-5-9(30)13-8(29)4-10(31)20(21(13)42-12)44-27-19(37)15(33)17(35)23(46-27)25(40)41/h1-5,14-19,22-23,26-29,31-37H,(H,38,39)(H,40,41)/t14-,15-,16-,17-,18+,19+,22-,23-,26+,27+/m0/s1. The van der Waals surface area contributed by atoms with Crippen LogP contribution in [0.5, 0.6) is 28.7 Å². The molecule has 0 spiro atoms. The van der Waals surface area contributed by atoms with Gasteiger partial charge in [-0.05, 0) is 18.2 Å². The molecular weight excluding hydrogens is 628 g/mol. The van der Waals surface area contributed by atoms with E-state index in [1.54, 1.807) is 0 Å². The zero-order valence-corrected chi connectivity index (χ0v) is 22.8. The van der Waals surface area contributed by atoms with Gasteiger partial charge in [0, 0.05) is 17.7 Å². The average Bonchev–Trinajstić information content (AvgIpc) is 2.99. The van der Waals surface area contributed by atoms with Crippen LogP contribution in [0, 0.1) is 0 Å². The van der Waals surface area contributed by atoms with Crippen LogP contribution in [0.2, 0.25) is 0 Å². The van der Waals surface area contributed by atoms with Crippen molar-refractivity contribution in [2.75, 3.05) is 0 Å². The Morgan fingerprint density at radius 2 is 1.20 bits per heavy atom. The molecule has 2 aliphatic rings. The lowest BCUT2D eigenvalue weighted by molar-refractivity contribution is -0.271. The molecule has 3 heterocycles. The topological polar surface area (TPSA) is 324 Å². The fraction of sp³-hybridized carbons (Fsp3) is 0.370. The van der Waals surface area contributed by atoms with Gasteiger partial charge in [0.25, 0.3) is 0 Å². The van der Waals surface area contributed by atoms with Gasteiger partial charge in [-0.15, -0.1) is 0 Å². The maximum absolute atomic E-state index is 13.0. The second kappa shape index (κ2) is 12.2. The number of carboxylic acids is 2. The van der Waals surface area contributed by atoms with Crippen molar-refractivity contribution in [1.82, 2.24) is 0 Å². The van der Waals surface area contributed by atoms with E-state index in [-0.39, 0.29) is 11.3 Å². The van der Waals surface area contributed by atoms with Crippen molar-refractivity contribution >= 4 is 22.9 Å². The van der Waals surface area contributed by atoms with E-state index in [0.717, 1.165) is 18.2 Å². The number of carbonyl (C=O) groups is 2. The summed E-state index contributed by atoms with van der Waals surface area (Å²) in [5, 5.41) is 110. The number of rotatable bonds is 7. The Bertz CT molecular complexity index is 1720. The normalized spacial score (nSPS) is 31.3. The fourth-order valence-corrected chi connectivity index (χ4v) is 4.85. The van der Waals surface area contributed by atoms with Gasteiger partial charge in [0.1, 0.15) is 53.5 Å². The Hall–Kier alpha value is -4.73. The highest BCUT2D eigenvalue weighted by atomic mass is 16.7. The van der Waals surface area contributed by atoms with Crippen LogP contribution in [0.4, 0.5) is 0 Å². The van der Waals surface area contributed by atoms with Gasteiger partial charge in [-0.3, -0.25) is 4.79 Å². The van der Waals surface area contributed by atoms with Crippen molar-refractivity contribution in [2.24, 2.45) is 0 Å². The first kappa shape index (κ1) is 32.7. The number of fused-ring (bicyclic) bond motifs is 1. The molecule has 2 saturated heterocycles. The molecule has 11 N–H and O–H groups in total. The third-order valence-electron chi connectivity index (χ3n) is 7.26. The highest BCUT2D eigenvalue weighted by Gasteiger charge is 2.49. The zero-order chi connectivity index (χ0) is 33.8. The van der Waals surface area contributed by atoms with E-state index in [2.05, 4.69) is 0 Å². The summed E-state index contributed by atoms with van der Waals surface area (Å²) in [5.74, 6) is -7.27. The Kier molecular flexibility index (Phi) is 8.68. The first-order valence-electron chi connectivity index (χ1n) is 13.1. The lowest BCUT2D eigenvalue weighted by Crippen LogP contribution is -2.61. The molecule has 0 radical (unpaired) electrons. The number of hydrogen-bond acceptors (Lipinski definition) is 17. The second-order valence-corrected chi connectivity index (χ2v) is 10.3. The van der Waals surface area contributed by atoms with Crippen LogP contribution in [0.3, 0.4) is 0 Å². The van der Waals surface area contributed by atoms with E-state index in [9.17, 15) is 70.6 Å². The minimum Gasteiger partial charge on any atom is -0.507 e. The molecule has 0 aliphatic carbocycles. The third-order valence-corrected chi connectivity index (χ3v) is 7.26. The Morgan fingerprint density at radius 1 is 0.652 bits per heavy atom. The van der Waals surface area contributed by atoms with Crippen molar-refractivity contribution < 1.29 is 89.1 Å². The predicted molar refractivity (Wildman–Crippen MR) is 143 cm³/mol. The summed E-state index contributed by atoms with van der Waals surface area (Å²) in [4.78, 5) is 35.8. The summed E-state index contributed by atoms with van der Waals surface area (Å²) >= 11 is 0. The maximum atomic E-state index is 13.0. The van der Waals surface area contributed by atoms with Crippen LogP contribution >= 0.6 is 0 Å². The Balaban J connectivity index is 1.49. The molecular formula is C27H26O19. The molecule has 1 aromatic heterocycles. The molecule has 46 heavy (non-hydrogen) atoms. The van der Waals surface area contributed by atoms with Gasteiger partial charge in [-0.2, -0.15) is 0 Å². The number of benzene rings is 2. The fourth-order valence-electron chi connectivity index (χ4n) is 4.85. The number of aliphatic hydroxyl groups is 6. The third kappa shape index (κ3) is 5.72. The van der Waals surface area contributed by atoms with Crippen molar-refractivity contribution in [1.29, 1.82) is 0 Å². The minimum absolute atomic E-state index is 0.0555. The zero-order valence-electron chi connectivity index (χ0n) is 22.8. The molecule has 19 heteroatoms. The van der Waals surface area contributed by atoms with Gasteiger partial charge in [0.15, 0.2) is 40.5 Å². The molecule has 248 valence electrons. The van der Waals surface area contributed by atoms with E-state index >= 15 is 0 Å². The number of carboxylic acid groups (broad SMARTS) is 2. The quantitative estimate of drug-likeness (QED) is 0.122. The molecule has 10 atom stereocenters. The molecule has 3 aromatic rings. The SMILES string of the molecule is O=C(O)[C@H]1O[C@@H](Oc2ccc(-c3cc(=O)c4c(O)cc(O)c(O[C@@H]5O[C@H](C(=O)O)[C@@H](O)[C@H](O)[C@H]5O)c4o3)cc2O)[C@H](O)[C@@H](O)[C@@H]1O. The number of aliphatic carboxylic acids is 2. The van der Waals surface area contributed by atoms with Crippen molar-refractivity contribution in [2.45, 2.75) is 61.4 Å². The minimum atomic E-state index is -2.08. The highest BCUT2D eigenvalue weighted by molar-refractivity contribution is 5.91.